The van der Waals surface area contributed by atoms with Crippen LogP contribution < -0.4 is 0 Å². The van der Waals surface area contributed by atoms with Gasteiger partial charge in [-0.3, -0.25) is 0 Å². The molecule has 1 aromatic heterocycles. The fraction of sp³-hybridized carbons (Fsp3) is 0.333. The second-order valence-corrected chi connectivity index (χ2v) is 3.58. The standard InChI is InChI=1S/C12H15NO3/c1-9(2)5-7-16-8-10-4-3-6-13-11(10)12(14)15/h3-4,6H,1,5,7-8H2,2H3,(H,14,15). The van der Waals surface area contributed by atoms with Crippen LogP contribution in [0.3, 0.4) is 0 Å². The molecule has 86 valence electrons. The Morgan fingerprint density at radius 1 is 1.62 bits per heavy atom. The highest BCUT2D eigenvalue weighted by atomic mass is 16.5. The summed E-state index contributed by atoms with van der Waals surface area (Å²) in [6.45, 7) is 6.50. The monoisotopic (exact) mass is 221 g/mol. The van der Waals surface area contributed by atoms with Crippen molar-refractivity contribution in [3.63, 3.8) is 0 Å². The lowest BCUT2D eigenvalue weighted by atomic mass is 10.2. The Bertz CT molecular complexity index is 388. The molecule has 0 amide bonds. The third-order valence-electron chi connectivity index (χ3n) is 2.02. The van der Waals surface area contributed by atoms with Gasteiger partial charge in [-0.2, -0.15) is 0 Å². The van der Waals surface area contributed by atoms with E-state index in [1.165, 1.54) is 6.20 Å². The highest BCUT2D eigenvalue weighted by Gasteiger charge is 2.10. The summed E-state index contributed by atoms with van der Waals surface area (Å²) < 4.78 is 5.36. The molecule has 1 heterocycles. The van der Waals surface area contributed by atoms with E-state index in [0.29, 0.717) is 12.2 Å². The van der Waals surface area contributed by atoms with Gasteiger partial charge in [-0.25, -0.2) is 9.78 Å². The van der Waals surface area contributed by atoms with Crippen LogP contribution in [0, 0.1) is 0 Å². The molecule has 0 aliphatic carbocycles. The highest BCUT2D eigenvalue weighted by molar-refractivity contribution is 5.86. The summed E-state index contributed by atoms with van der Waals surface area (Å²) in [4.78, 5) is 14.6. The molecule has 4 nitrogen and oxygen atoms in total. The number of nitrogens with zero attached hydrogens (tertiary/aromatic N) is 1. The van der Waals surface area contributed by atoms with E-state index >= 15 is 0 Å². The Morgan fingerprint density at radius 2 is 2.38 bits per heavy atom. The van der Waals surface area contributed by atoms with E-state index in [4.69, 9.17) is 9.84 Å². The number of carboxylic acids is 1. The van der Waals surface area contributed by atoms with Crippen molar-refractivity contribution in [2.45, 2.75) is 20.0 Å². The van der Waals surface area contributed by atoms with Gasteiger partial charge < -0.3 is 9.84 Å². The molecule has 16 heavy (non-hydrogen) atoms. The van der Waals surface area contributed by atoms with Gasteiger partial charge in [0.25, 0.3) is 0 Å². The number of carboxylic acid groups (broad SMARTS) is 1. The van der Waals surface area contributed by atoms with Gasteiger partial charge in [-0.15, -0.1) is 6.58 Å². The average Bonchev–Trinajstić information content (AvgIpc) is 2.24. The fourth-order valence-electron chi connectivity index (χ4n) is 1.18. The SMILES string of the molecule is C=C(C)CCOCc1cccnc1C(=O)O. The molecule has 1 rings (SSSR count). The molecule has 1 N–H and O–H groups in total. The van der Waals surface area contributed by atoms with Gasteiger partial charge in [0.05, 0.1) is 13.2 Å². The first kappa shape index (κ1) is 12.4. The van der Waals surface area contributed by atoms with Crippen LogP contribution in [0.15, 0.2) is 30.5 Å². The van der Waals surface area contributed by atoms with Gasteiger partial charge in [0.15, 0.2) is 5.69 Å². The third kappa shape index (κ3) is 3.82. The fourth-order valence-corrected chi connectivity index (χ4v) is 1.18. The van der Waals surface area contributed by atoms with Crippen LogP contribution in [0.2, 0.25) is 0 Å². The molecule has 0 saturated carbocycles. The Kier molecular flexibility index (Phi) is 4.66. The summed E-state index contributed by atoms with van der Waals surface area (Å²) in [7, 11) is 0. The van der Waals surface area contributed by atoms with Crippen molar-refractivity contribution in [1.82, 2.24) is 4.98 Å². The number of hydrogen-bond donors (Lipinski definition) is 1. The van der Waals surface area contributed by atoms with E-state index in [2.05, 4.69) is 11.6 Å². The number of pyridine rings is 1. The number of carbonyl (C=O) groups is 1. The molecule has 0 aliphatic rings. The topological polar surface area (TPSA) is 59.4 Å². The lowest BCUT2D eigenvalue weighted by molar-refractivity contribution is 0.0680. The van der Waals surface area contributed by atoms with E-state index in [-0.39, 0.29) is 12.3 Å². The lowest BCUT2D eigenvalue weighted by Gasteiger charge is -2.06. The Balaban J connectivity index is 2.53. The van der Waals surface area contributed by atoms with E-state index < -0.39 is 5.97 Å². The van der Waals surface area contributed by atoms with Gasteiger partial charge in [0, 0.05) is 11.8 Å². The largest absolute Gasteiger partial charge is 0.477 e. The quantitative estimate of drug-likeness (QED) is 0.591. The molecule has 0 bridgehead atoms. The van der Waals surface area contributed by atoms with Crippen LogP contribution in [0.5, 0.6) is 0 Å². The molecule has 4 heteroatoms. The van der Waals surface area contributed by atoms with Crippen molar-refractivity contribution in [2.75, 3.05) is 6.61 Å². The van der Waals surface area contributed by atoms with E-state index in [1.54, 1.807) is 12.1 Å². The van der Waals surface area contributed by atoms with Gasteiger partial charge in [-0.1, -0.05) is 11.6 Å². The summed E-state index contributed by atoms with van der Waals surface area (Å²) in [5, 5.41) is 8.88. The van der Waals surface area contributed by atoms with Crippen molar-refractivity contribution < 1.29 is 14.6 Å². The molecule has 0 saturated heterocycles. The average molecular weight is 221 g/mol. The maximum Gasteiger partial charge on any atom is 0.354 e. The van der Waals surface area contributed by atoms with Crippen LogP contribution in [-0.4, -0.2) is 22.7 Å². The second kappa shape index (κ2) is 6.02. The zero-order valence-corrected chi connectivity index (χ0v) is 9.27. The van der Waals surface area contributed by atoms with Crippen LogP contribution >= 0.6 is 0 Å². The number of rotatable bonds is 6. The third-order valence-corrected chi connectivity index (χ3v) is 2.02. The summed E-state index contributed by atoms with van der Waals surface area (Å²) in [5.74, 6) is -1.03. The molecule has 0 unspecified atom stereocenters. The number of ether oxygens (including phenoxy) is 1. The highest BCUT2D eigenvalue weighted by Crippen LogP contribution is 2.07. The zero-order chi connectivity index (χ0) is 12.0. The minimum Gasteiger partial charge on any atom is -0.477 e. The van der Waals surface area contributed by atoms with Crippen LogP contribution in [0.25, 0.3) is 0 Å². The van der Waals surface area contributed by atoms with Crippen molar-refractivity contribution >= 4 is 5.97 Å². The van der Waals surface area contributed by atoms with Gasteiger partial charge in [-0.05, 0) is 19.4 Å². The number of aromatic carboxylic acids is 1. The van der Waals surface area contributed by atoms with Crippen LogP contribution in [-0.2, 0) is 11.3 Å². The molecule has 0 fully saturated rings. The minimum absolute atomic E-state index is 0.0535. The minimum atomic E-state index is -1.03. The summed E-state index contributed by atoms with van der Waals surface area (Å²) in [6.07, 6.45) is 2.24. The molecule has 0 atom stereocenters. The first-order valence-electron chi connectivity index (χ1n) is 5.00. The molecular formula is C12H15NO3. The summed E-state index contributed by atoms with van der Waals surface area (Å²) >= 11 is 0. The van der Waals surface area contributed by atoms with Gasteiger partial charge in [0.2, 0.25) is 0 Å². The normalized spacial score (nSPS) is 10.1. The Morgan fingerprint density at radius 3 is 3.00 bits per heavy atom. The smallest absolute Gasteiger partial charge is 0.354 e. The van der Waals surface area contributed by atoms with Crippen molar-refractivity contribution in [1.29, 1.82) is 0 Å². The van der Waals surface area contributed by atoms with Gasteiger partial charge >= 0.3 is 5.97 Å². The summed E-state index contributed by atoms with van der Waals surface area (Å²) in [6, 6.07) is 3.40. The molecule has 0 spiro atoms. The van der Waals surface area contributed by atoms with E-state index in [9.17, 15) is 4.79 Å². The van der Waals surface area contributed by atoms with E-state index in [1.807, 2.05) is 6.92 Å². The molecule has 0 aliphatic heterocycles. The predicted molar refractivity (Wildman–Crippen MR) is 60.3 cm³/mol. The molecular weight excluding hydrogens is 206 g/mol. The first-order valence-corrected chi connectivity index (χ1v) is 5.00. The van der Waals surface area contributed by atoms with Crippen LogP contribution in [0.4, 0.5) is 0 Å². The molecule has 0 radical (unpaired) electrons. The number of aromatic nitrogens is 1. The Labute approximate surface area is 94.6 Å². The van der Waals surface area contributed by atoms with Gasteiger partial charge in [0.1, 0.15) is 0 Å². The molecule has 1 aromatic rings. The maximum atomic E-state index is 10.8. The zero-order valence-electron chi connectivity index (χ0n) is 9.27. The van der Waals surface area contributed by atoms with Crippen molar-refractivity contribution in [3.8, 4) is 0 Å². The second-order valence-electron chi connectivity index (χ2n) is 3.58. The predicted octanol–water partition coefficient (Wildman–Crippen LogP) is 2.26. The lowest BCUT2D eigenvalue weighted by Crippen LogP contribution is -2.07. The number of hydrogen-bond acceptors (Lipinski definition) is 3. The Hall–Kier alpha value is -1.68. The van der Waals surface area contributed by atoms with Crippen LogP contribution in [0.1, 0.15) is 29.4 Å². The summed E-state index contributed by atoms with van der Waals surface area (Å²) in [5.41, 5.74) is 1.69. The first-order chi connectivity index (χ1) is 7.61. The van der Waals surface area contributed by atoms with E-state index in [0.717, 1.165) is 12.0 Å². The van der Waals surface area contributed by atoms with Crippen molar-refractivity contribution in [3.05, 3.63) is 41.7 Å². The molecule has 0 aromatic carbocycles. The van der Waals surface area contributed by atoms with Crippen molar-refractivity contribution in [2.24, 2.45) is 0 Å². The maximum absolute atomic E-state index is 10.8.